The molecule has 0 rings (SSSR count). The second kappa shape index (κ2) is 36.9. The standard InChI is InChI=1S/C28H55IO11/c1-2-3-4-5-6-7-28(30)40-27-26-39-25-24-38-23-22-37-21-20-36-19-18-35-17-16-34-15-14-33-13-12-32-11-10-31-9-8-29/h2-27H2,1H3. The lowest BCUT2D eigenvalue weighted by molar-refractivity contribution is -0.145. The van der Waals surface area contributed by atoms with Crippen LogP contribution in [0.5, 0.6) is 0 Å². The molecule has 0 amide bonds. The molecule has 0 aromatic rings. The minimum atomic E-state index is -0.144. The highest BCUT2D eigenvalue weighted by atomic mass is 127. The lowest BCUT2D eigenvalue weighted by Gasteiger charge is -2.09. The van der Waals surface area contributed by atoms with Gasteiger partial charge in [-0.25, -0.2) is 0 Å². The number of esters is 1. The minimum absolute atomic E-state index is 0.144. The van der Waals surface area contributed by atoms with Crippen molar-refractivity contribution in [3.63, 3.8) is 0 Å². The Kier molecular flexibility index (Phi) is 36.7. The van der Waals surface area contributed by atoms with Gasteiger partial charge < -0.3 is 47.4 Å². The topological polar surface area (TPSA) is 109 Å². The first kappa shape index (κ1) is 39.8. The molecule has 0 aliphatic rings. The van der Waals surface area contributed by atoms with E-state index in [4.69, 9.17) is 47.4 Å². The van der Waals surface area contributed by atoms with Crippen molar-refractivity contribution in [3.8, 4) is 0 Å². The van der Waals surface area contributed by atoms with Gasteiger partial charge in [-0.2, -0.15) is 0 Å². The number of hydrogen-bond donors (Lipinski definition) is 0. The third-order valence-corrected chi connectivity index (χ3v) is 5.61. The molecule has 0 saturated carbocycles. The number of carbonyl (C=O) groups excluding carboxylic acids is 1. The summed E-state index contributed by atoms with van der Waals surface area (Å²) >= 11 is 2.28. The van der Waals surface area contributed by atoms with Crippen LogP contribution in [-0.2, 0) is 52.2 Å². The molecule has 240 valence electrons. The van der Waals surface area contributed by atoms with Crippen molar-refractivity contribution >= 4 is 28.6 Å². The number of alkyl halides is 1. The summed E-state index contributed by atoms with van der Waals surface area (Å²) in [7, 11) is 0. The van der Waals surface area contributed by atoms with E-state index < -0.39 is 0 Å². The molecule has 0 aliphatic heterocycles. The normalized spacial score (nSPS) is 11.3. The van der Waals surface area contributed by atoms with Crippen LogP contribution in [0.3, 0.4) is 0 Å². The maximum Gasteiger partial charge on any atom is 0.305 e. The zero-order valence-corrected chi connectivity index (χ0v) is 26.9. The van der Waals surface area contributed by atoms with E-state index in [1.807, 2.05) is 0 Å². The SMILES string of the molecule is CCCCCCCC(=O)OCCOCCOCCOCCOCCOCCOCCOCCOCCOCCI. The maximum absolute atomic E-state index is 11.6. The Hall–Kier alpha value is -0.160. The van der Waals surface area contributed by atoms with Crippen LogP contribution < -0.4 is 0 Å². The summed E-state index contributed by atoms with van der Waals surface area (Å²) in [5.74, 6) is -0.144. The first-order chi connectivity index (χ1) is 19.8. The summed E-state index contributed by atoms with van der Waals surface area (Å²) in [6, 6.07) is 0. The maximum atomic E-state index is 11.6. The van der Waals surface area contributed by atoms with Crippen molar-refractivity contribution in [1.29, 1.82) is 0 Å². The highest BCUT2D eigenvalue weighted by Gasteiger charge is 2.02. The summed E-state index contributed by atoms with van der Waals surface area (Å²) in [5, 5.41) is 0. The molecule has 0 aromatic heterocycles. The van der Waals surface area contributed by atoms with E-state index in [2.05, 4.69) is 29.5 Å². The van der Waals surface area contributed by atoms with Gasteiger partial charge in [0.1, 0.15) is 6.61 Å². The Labute approximate surface area is 255 Å². The summed E-state index contributed by atoms with van der Waals surface area (Å²) in [6.45, 7) is 12.0. The number of carbonyl (C=O) groups is 1. The molecule has 0 radical (unpaired) electrons. The molecule has 0 aromatic carbocycles. The Morgan fingerprint density at radius 1 is 0.425 bits per heavy atom. The third kappa shape index (κ3) is 35.9. The number of rotatable bonds is 35. The molecular weight excluding hydrogens is 639 g/mol. The third-order valence-electron chi connectivity index (χ3n) is 5.17. The van der Waals surface area contributed by atoms with E-state index in [-0.39, 0.29) is 12.6 Å². The molecule has 0 unspecified atom stereocenters. The molecule has 0 fully saturated rings. The van der Waals surface area contributed by atoms with Crippen LogP contribution in [0, 0.1) is 0 Å². The highest BCUT2D eigenvalue weighted by Crippen LogP contribution is 2.05. The first-order valence-corrected chi connectivity index (χ1v) is 16.2. The van der Waals surface area contributed by atoms with Crippen LogP contribution in [0.2, 0.25) is 0 Å². The number of unbranched alkanes of at least 4 members (excludes halogenated alkanes) is 4. The summed E-state index contributed by atoms with van der Waals surface area (Å²) in [4.78, 5) is 11.6. The average molecular weight is 695 g/mol. The predicted molar refractivity (Wildman–Crippen MR) is 161 cm³/mol. The van der Waals surface area contributed by atoms with Gasteiger partial charge in [-0.05, 0) is 6.42 Å². The lowest BCUT2D eigenvalue weighted by atomic mass is 10.1. The van der Waals surface area contributed by atoms with Crippen LogP contribution in [0.4, 0.5) is 0 Å². The van der Waals surface area contributed by atoms with Gasteiger partial charge >= 0.3 is 5.97 Å². The van der Waals surface area contributed by atoms with E-state index in [9.17, 15) is 4.79 Å². The van der Waals surface area contributed by atoms with Gasteiger partial charge in [0.25, 0.3) is 0 Å². The molecule has 0 N–H and O–H groups in total. The Bertz CT molecular complexity index is 489. The largest absolute Gasteiger partial charge is 0.463 e. The van der Waals surface area contributed by atoms with Crippen molar-refractivity contribution in [2.75, 3.05) is 130 Å². The quantitative estimate of drug-likeness (QED) is 0.0421. The summed E-state index contributed by atoms with van der Waals surface area (Å²) < 4.78 is 55.0. The van der Waals surface area contributed by atoms with Crippen LogP contribution >= 0.6 is 22.6 Å². The summed E-state index contributed by atoms with van der Waals surface area (Å²) in [5.41, 5.74) is 0. The van der Waals surface area contributed by atoms with Crippen molar-refractivity contribution in [1.82, 2.24) is 0 Å². The summed E-state index contributed by atoms with van der Waals surface area (Å²) in [6.07, 6.45) is 6.10. The monoisotopic (exact) mass is 694 g/mol. The zero-order valence-electron chi connectivity index (χ0n) is 24.8. The van der Waals surface area contributed by atoms with E-state index in [1.54, 1.807) is 0 Å². The minimum Gasteiger partial charge on any atom is -0.463 e. The van der Waals surface area contributed by atoms with Crippen molar-refractivity contribution in [2.45, 2.75) is 45.4 Å². The Morgan fingerprint density at radius 2 is 0.725 bits per heavy atom. The molecule has 0 atom stereocenters. The fourth-order valence-electron chi connectivity index (χ4n) is 3.08. The number of hydrogen-bond acceptors (Lipinski definition) is 11. The highest BCUT2D eigenvalue weighted by molar-refractivity contribution is 14.1. The van der Waals surface area contributed by atoms with Crippen molar-refractivity contribution in [2.24, 2.45) is 0 Å². The predicted octanol–water partition coefficient (Wildman–Crippen LogP) is 3.47. The van der Waals surface area contributed by atoms with Crippen molar-refractivity contribution < 1.29 is 52.2 Å². The van der Waals surface area contributed by atoms with E-state index in [0.29, 0.717) is 119 Å². The average Bonchev–Trinajstić information content (AvgIpc) is 2.96. The lowest BCUT2D eigenvalue weighted by Crippen LogP contribution is -2.15. The van der Waals surface area contributed by atoms with Crippen LogP contribution in [0.1, 0.15) is 45.4 Å². The number of ether oxygens (including phenoxy) is 10. The van der Waals surface area contributed by atoms with E-state index in [1.165, 1.54) is 19.3 Å². The molecule has 0 bridgehead atoms. The van der Waals surface area contributed by atoms with Gasteiger partial charge in [-0.1, -0.05) is 55.2 Å². The molecule has 0 spiro atoms. The van der Waals surface area contributed by atoms with Gasteiger partial charge in [0, 0.05) is 10.8 Å². The van der Waals surface area contributed by atoms with Crippen LogP contribution in [-0.4, -0.2) is 136 Å². The molecule has 11 nitrogen and oxygen atoms in total. The smallest absolute Gasteiger partial charge is 0.305 e. The molecule has 0 heterocycles. The molecule has 12 heteroatoms. The molecular formula is C28H55IO11. The zero-order chi connectivity index (χ0) is 29.0. The van der Waals surface area contributed by atoms with Gasteiger partial charge in [0.05, 0.1) is 119 Å². The van der Waals surface area contributed by atoms with E-state index in [0.717, 1.165) is 23.9 Å². The van der Waals surface area contributed by atoms with E-state index >= 15 is 0 Å². The first-order valence-electron chi connectivity index (χ1n) is 14.7. The molecule has 0 saturated heterocycles. The fourth-order valence-corrected chi connectivity index (χ4v) is 3.39. The fraction of sp³-hybridized carbons (Fsp3) is 0.964. The Balaban J connectivity index is 3.08. The van der Waals surface area contributed by atoms with Crippen molar-refractivity contribution in [3.05, 3.63) is 0 Å². The van der Waals surface area contributed by atoms with Gasteiger partial charge in [-0.3, -0.25) is 4.79 Å². The van der Waals surface area contributed by atoms with Gasteiger partial charge in [-0.15, -0.1) is 0 Å². The second-order valence-corrected chi connectivity index (χ2v) is 9.66. The van der Waals surface area contributed by atoms with Crippen LogP contribution in [0.15, 0.2) is 0 Å². The second-order valence-electron chi connectivity index (χ2n) is 8.59. The Morgan fingerprint density at radius 3 is 1.05 bits per heavy atom. The molecule has 0 aliphatic carbocycles. The molecule has 40 heavy (non-hydrogen) atoms. The van der Waals surface area contributed by atoms with Gasteiger partial charge in [0.15, 0.2) is 0 Å². The van der Waals surface area contributed by atoms with Gasteiger partial charge in [0.2, 0.25) is 0 Å². The van der Waals surface area contributed by atoms with Crippen LogP contribution in [0.25, 0.3) is 0 Å². The number of halogens is 1.